The number of hydrogen-bond donors (Lipinski definition) is 2. The van der Waals surface area contributed by atoms with Gasteiger partial charge in [0.05, 0.1) is 5.69 Å². The van der Waals surface area contributed by atoms with E-state index < -0.39 is 0 Å². The lowest BCUT2D eigenvalue weighted by Gasteiger charge is -2.33. The molecule has 0 amide bonds. The van der Waals surface area contributed by atoms with Crippen molar-refractivity contribution in [1.29, 1.82) is 0 Å². The quantitative estimate of drug-likeness (QED) is 0.838. The zero-order valence-corrected chi connectivity index (χ0v) is 15.0. The van der Waals surface area contributed by atoms with E-state index in [1.54, 1.807) is 23.6 Å². The van der Waals surface area contributed by atoms with Crippen LogP contribution >= 0.6 is 11.3 Å². The molecular weight excluding hydrogens is 325 g/mol. The summed E-state index contributed by atoms with van der Waals surface area (Å²) >= 11 is 1.69. The summed E-state index contributed by atoms with van der Waals surface area (Å²) in [6.45, 7) is 5.68. The maximum absolute atomic E-state index is 14.4. The van der Waals surface area contributed by atoms with Crippen molar-refractivity contribution in [2.45, 2.75) is 32.4 Å². The zero-order valence-electron chi connectivity index (χ0n) is 14.2. The first kappa shape index (κ1) is 17.3. The summed E-state index contributed by atoms with van der Waals surface area (Å²) in [7, 11) is 1.89. The molecule has 5 nitrogen and oxygen atoms in total. The average molecular weight is 349 g/mol. The van der Waals surface area contributed by atoms with E-state index in [2.05, 4.69) is 25.5 Å². The first-order chi connectivity index (χ1) is 11.7. The van der Waals surface area contributed by atoms with Crippen LogP contribution in [-0.4, -0.2) is 47.6 Å². The summed E-state index contributed by atoms with van der Waals surface area (Å²) in [5, 5.41) is 7.53. The van der Waals surface area contributed by atoms with Crippen molar-refractivity contribution < 1.29 is 4.39 Å². The molecule has 3 heterocycles. The van der Waals surface area contributed by atoms with Gasteiger partial charge in [0.15, 0.2) is 5.13 Å². The molecule has 2 aromatic rings. The summed E-state index contributed by atoms with van der Waals surface area (Å²) in [5.74, 6) is -0.139. The molecule has 0 aromatic carbocycles. The molecule has 1 aliphatic heterocycles. The number of rotatable bonds is 6. The maximum atomic E-state index is 14.4. The Balaban J connectivity index is 1.61. The van der Waals surface area contributed by atoms with Gasteiger partial charge >= 0.3 is 0 Å². The smallest absolute Gasteiger partial charge is 0.182 e. The van der Waals surface area contributed by atoms with Crippen LogP contribution in [0.25, 0.3) is 0 Å². The van der Waals surface area contributed by atoms with Gasteiger partial charge in [-0.2, -0.15) is 0 Å². The molecule has 3 rings (SSSR count). The Morgan fingerprint density at radius 1 is 1.46 bits per heavy atom. The number of nitrogens with zero attached hydrogens (tertiary/aromatic N) is 3. The lowest BCUT2D eigenvalue weighted by Crippen LogP contribution is -2.51. The number of piperazine rings is 1. The van der Waals surface area contributed by atoms with Crippen LogP contribution in [0.2, 0.25) is 0 Å². The number of thiazole rings is 1. The third-order valence-corrected chi connectivity index (χ3v) is 5.33. The van der Waals surface area contributed by atoms with Crippen molar-refractivity contribution in [3.8, 4) is 0 Å². The first-order valence-corrected chi connectivity index (χ1v) is 9.21. The Labute approximate surface area is 146 Å². The van der Waals surface area contributed by atoms with Gasteiger partial charge in [-0.3, -0.25) is 9.88 Å². The second-order valence-electron chi connectivity index (χ2n) is 6.06. The second kappa shape index (κ2) is 8.00. The monoisotopic (exact) mass is 349 g/mol. The van der Waals surface area contributed by atoms with E-state index in [4.69, 9.17) is 0 Å². The predicted octanol–water partition coefficient (Wildman–Crippen LogP) is 2.30. The van der Waals surface area contributed by atoms with Crippen LogP contribution in [0.15, 0.2) is 18.5 Å². The molecular formula is C17H24FN5S. The highest BCUT2D eigenvalue weighted by Crippen LogP contribution is 2.20. The topological polar surface area (TPSA) is 53.1 Å². The third-order valence-electron chi connectivity index (χ3n) is 4.33. The molecule has 1 aliphatic rings. The number of halogens is 1. The molecule has 1 atom stereocenters. The Bertz CT molecular complexity index is 675. The second-order valence-corrected chi connectivity index (χ2v) is 7.17. The predicted molar refractivity (Wildman–Crippen MR) is 96.0 cm³/mol. The van der Waals surface area contributed by atoms with Crippen molar-refractivity contribution >= 4 is 16.5 Å². The molecule has 0 saturated carbocycles. The molecule has 2 aromatic heterocycles. The highest BCUT2D eigenvalue weighted by Gasteiger charge is 2.22. The molecule has 1 unspecified atom stereocenters. The minimum absolute atomic E-state index is 0.139. The fraction of sp³-hybridized carbons (Fsp3) is 0.529. The number of aryl methyl sites for hydroxylation is 1. The fourth-order valence-corrected chi connectivity index (χ4v) is 3.90. The van der Waals surface area contributed by atoms with E-state index in [0.717, 1.165) is 36.9 Å². The van der Waals surface area contributed by atoms with Gasteiger partial charge in [-0.1, -0.05) is 6.92 Å². The number of hydrogen-bond acceptors (Lipinski definition) is 6. The number of aromatic nitrogens is 2. The molecule has 0 spiro atoms. The van der Waals surface area contributed by atoms with E-state index in [9.17, 15) is 4.39 Å². The largest absolute Gasteiger partial charge is 0.365 e. The van der Waals surface area contributed by atoms with E-state index in [1.165, 1.54) is 4.88 Å². The standard InChI is InChI=1S/C17H24FN5S/c1-3-15-16(18)12(4-5-21-15)8-13-10-23(7-6-20-13)11-14-9-22-17(19-2)24-14/h4-5,9,13,20H,3,6-8,10-11H2,1-2H3,(H,19,22). The van der Waals surface area contributed by atoms with Crippen LogP contribution in [0, 0.1) is 5.82 Å². The molecule has 0 radical (unpaired) electrons. The summed E-state index contributed by atoms with van der Waals surface area (Å²) < 4.78 is 14.4. The summed E-state index contributed by atoms with van der Waals surface area (Å²) in [6, 6.07) is 2.06. The van der Waals surface area contributed by atoms with Crippen LogP contribution in [0.4, 0.5) is 9.52 Å². The summed E-state index contributed by atoms with van der Waals surface area (Å²) in [6.07, 6.45) is 4.98. The van der Waals surface area contributed by atoms with Gasteiger partial charge in [-0.05, 0) is 24.5 Å². The lowest BCUT2D eigenvalue weighted by atomic mass is 10.0. The Morgan fingerprint density at radius 3 is 3.08 bits per heavy atom. The highest BCUT2D eigenvalue weighted by atomic mass is 32.1. The maximum Gasteiger partial charge on any atom is 0.182 e. The zero-order chi connectivity index (χ0) is 16.9. The van der Waals surface area contributed by atoms with Crippen LogP contribution in [0.5, 0.6) is 0 Å². The Morgan fingerprint density at radius 2 is 2.33 bits per heavy atom. The van der Waals surface area contributed by atoms with Crippen molar-refractivity contribution in [2.24, 2.45) is 0 Å². The Hall–Kier alpha value is -1.57. The highest BCUT2D eigenvalue weighted by molar-refractivity contribution is 7.15. The van der Waals surface area contributed by atoms with Gasteiger partial charge in [0.25, 0.3) is 0 Å². The lowest BCUT2D eigenvalue weighted by molar-refractivity contribution is 0.192. The molecule has 1 saturated heterocycles. The van der Waals surface area contributed by atoms with Gasteiger partial charge in [-0.25, -0.2) is 9.37 Å². The van der Waals surface area contributed by atoms with Gasteiger partial charge in [-0.15, -0.1) is 11.3 Å². The van der Waals surface area contributed by atoms with Gasteiger partial charge in [0.1, 0.15) is 5.82 Å². The van der Waals surface area contributed by atoms with E-state index >= 15 is 0 Å². The Kier molecular flexibility index (Phi) is 5.76. The van der Waals surface area contributed by atoms with Crippen LogP contribution in [0.3, 0.4) is 0 Å². The van der Waals surface area contributed by atoms with Crippen molar-refractivity contribution in [2.75, 3.05) is 32.0 Å². The first-order valence-electron chi connectivity index (χ1n) is 8.40. The molecule has 1 fully saturated rings. The molecule has 130 valence electrons. The van der Waals surface area contributed by atoms with Crippen LogP contribution in [0.1, 0.15) is 23.1 Å². The van der Waals surface area contributed by atoms with E-state index in [0.29, 0.717) is 18.5 Å². The van der Waals surface area contributed by atoms with Gasteiger partial charge in [0.2, 0.25) is 0 Å². The number of nitrogens with one attached hydrogen (secondary N) is 2. The molecule has 0 bridgehead atoms. The minimum atomic E-state index is -0.139. The number of pyridine rings is 1. The third kappa shape index (κ3) is 4.09. The SMILES string of the molecule is CCc1nccc(CC2CN(Cc3cnc(NC)s3)CCN2)c1F. The van der Waals surface area contributed by atoms with E-state index in [1.807, 2.05) is 20.2 Å². The van der Waals surface area contributed by atoms with Crippen LogP contribution < -0.4 is 10.6 Å². The molecule has 0 aliphatic carbocycles. The normalized spacial score (nSPS) is 18.7. The molecule has 2 N–H and O–H groups in total. The number of anilines is 1. The molecule has 7 heteroatoms. The van der Waals surface area contributed by atoms with Gasteiger partial charge < -0.3 is 10.6 Å². The fourth-order valence-electron chi connectivity index (χ4n) is 3.09. The van der Waals surface area contributed by atoms with Crippen LogP contribution in [-0.2, 0) is 19.4 Å². The van der Waals surface area contributed by atoms with Gasteiger partial charge in [0, 0.05) is 56.5 Å². The minimum Gasteiger partial charge on any atom is -0.365 e. The van der Waals surface area contributed by atoms with Crippen molar-refractivity contribution in [3.05, 3.63) is 40.4 Å². The summed E-state index contributed by atoms with van der Waals surface area (Å²) in [4.78, 5) is 12.1. The average Bonchev–Trinajstić information content (AvgIpc) is 3.05. The molecule has 24 heavy (non-hydrogen) atoms. The van der Waals surface area contributed by atoms with E-state index in [-0.39, 0.29) is 11.9 Å². The van der Waals surface area contributed by atoms with Crippen molar-refractivity contribution in [3.63, 3.8) is 0 Å². The van der Waals surface area contributed by atoms with Crippen molar-refractivity contribution in [1.82, 2.24) is 20.2 Å². The summed E-state index contributed by atoms with van der Waals surface area (Å²) in [5.41, 5.74) is 1.32.